The molecule has 0 saturated carbocycles. The molecule has 1 N–H and O–H groups in total. The lowest BCUT2D eigenvalue weighted by atomic mass is 10.1. The summed E-state index contributed by atoms with van der Waals surface area (Å²) < 4.78 is 0. The highest BCUT2D eigenvalue weighted by Crippen LogP contribution is 2.28. The van der Waals surface area contributed by atoms with Crippen molar-refractivity contribution in [1.82, 2.24) is 10.2 Å². The minimum atomic E-state index is -0.523. The number of carbonyl (C=O) groups is 2. The molecule has 2 aromatic rings. The lowest BCUT2D eigenvalue weighted by molar-refractivity contribution is -0.139. The second-order valence-electron chi connectivity index (χ2n) is 8.20. The second kappa shape index (κ2) is 13.1. The first-order chi connectivity index (χ1) is 15.2. The Labute approximate surface area is 206 Å². The molecular weight excluding hydrogens is 463 g/mol. The van der Waals surface area contributed by atoms with Crippen LogP contribution in [0.3, 0.4) is 0 Å². The van der Waals surface area contributed by atoms with Crippen LogP contribution in [0.4, 0.5) is 0 Å². The van der Waals surface area contributed by atoms with Crippen LogP contribution in [0, 0.1) is 12.8 Å². The molecule has 0 unspecified atom stereocenters. The van der Waals surface area contributed by atoms with Gasteiger partial charge in [-0.1, -0.05) is 74.3 Å². The minimum Gasteiger partial charge on any atom is -0.354 e. The van der Waals surface area contributed by atoms with E-state index in [0.29, 0.717) is 41.2 Å². The molecule has 2 amide bonds. The van der Waals surface area contributed by atoms with E-state index in [1.54, 1.807) is 23.1 Å². The molecule has 4 nitrogen and oxygen atoms in total. The molecule has 0 fully saturated rings. The molecule has 174 valence electrons. The van der Waals surface area contributed by atoms with Crippen molar-refractivity contribution in [2.75, 3.05) is 12.3 Å². The van der Waals surface area contributed by atoms with Gasteiger partial charge < -0.3 is 10.2 Å². The fraction of sp³-hybridized carbons (Fsp3) is 0.440. The zero-order valence-electron chi connectivity index (χ0n) is 19.2. The van der Waals surface area contributed by atoms with Crippen molar-refractivity contribution in [3.8, 4) is 0 Å². The molecule has 0 radical (unpaired) electrons. The average molecular weight is 496 g/mol. The molecule has 2 aromatic carbocycles. The Morgan fingerprint density at radius 1 is 1.06 bits per heavy atom. The Hall–Kier alpha value is -1.69. The quantitative estimate of drug-likeness (QED) is 0.409. The molecule has 0 bridgehead atoms. The molecular formula is C25H32Cl2N2O2S. The van der Waals surface area contributed by atoms with Crippen LogP contribution in [-0.4, -0.2) is 35.1 Å². The first kappa shape index (κ1) is 26.6. The number of nitrogens with one attached hydrogen (secondary N) is 1. The number of benzene rings is 2. The van der Waals surface area contributed by atoms with Crippen LogP contribution in [0.15, 0.2) is 42.5 Å². The predicted molar refractivity (Wildman–Crippen MR) is 136 cm³/mol. The summed E-state index contributed by atoms with van der Waals surface area (Å²) in [7, 11) is 0. The van der Waals surface area contributed by atoms with E-state index in [1.807, 2.05) is 52.0 Å². The number of nitrogens with zero attached hydrogens (tertiary/aromatic N) is 1. The predicted octanol–water partition coefficient (Wildman–Crippen LogP) is 6.11. The largest absolute Gasteiger partial charge is 0.354 e. The lowest BCUT2D eigenvalue weighted by Crippen LogP contribution is -2.50. The molecule has 32 heavy (non-hydrogen) atoms. The van der Waals surface area contributed by atoms with E-state index < -0.39 is 6.04 Å². The number of hydrogen-bond acceptors (Lipinski definition) is 3. The van der Waals surface area contributed by atoms with E-state index in [4.69, 9.17) is 23.2 Å². The van der Waals surface area contributed by atoms with Gasteiger partial charge in [0.2, 0.25) is 11.8 Å². The molecule has 0 saturated heterocycles. The maximum Gasteiger partial charge on any atom is 0.242 e. The fourth-order valence-corrected chi connectivity index (χ4v) is 4.95. The maximum absolute atomic E-state index is 13.3. The molecule has 0 aliphatic rings. The van der Waals surface area contributed by atoms with Gasteiger partial charge in [0, 0.05) is 28.9 Å². The van der Waals surface area contributed by atoms with Crippen molar-refractivity contribution in [2.45, 2.75) is 52.5 Å². The number of hydrogen-bond donors (Lipinski definition) is 1. The Bertz CT molecular complexity index is 900. The zero-order valence-corrected chi connectivity index (χ0v) is 21.5. The molecule has 7 heteroatoms. The Kier molecular flexibility index (Phi) is 10.9. The molecule has 2 rings (SSSR count). The third-order valence-corrected chi connectivity index (χ3v) is 6.86. The number of carbonyl (C=O) groups excluding carboxylic acids is 2. The van der Waals surface area contributed by atoms with E-state index in [9.17, 15) is 9.59 Å². The van der Waals surface area contributed by atoms with Crippen LogP contribution in [0.2, 0.25) is 10.0 Å². The molecule has 0 aliphatic carbocycles. The summed E-state index contributed by atoms with van der Waals surface area (Å²) in [5.74, 6) is 0.920. The third kappa shape index (κ3) is 7.72. The summed E-state index contributed by atoms with van der Waals surface area (Å²) in [5.41, 5.74) is 2.95. The van der Waals surface area contributed by atoms with Gasteiger partial charge in [0.1, 0.15) is 6.04 Å². The monoisotopic (exact) mass is 494 g/mol. The van der Waals surface area contributed by atoms with Crippen LogP contribution in [-0.2, 0) is 21.9 Å². The van der Waals surface area contributed by atoms with Crippen molar-refractivity contribution in [2.24, 2.45) is 5.92 Å². The summed E-state index contributed by atoms with van der Waals surface area (Å²) in [6, 6.07) is 12.8. The van der Waals surface area contributed by atoms with Crippen molar-refractivity contribution >= 4 is 46.8 Å². The molecule has 0 spiro atoms. The highest BCUT2D eigenvalue weighted by atomic mass is 35.5. The summed E-state index contributed by atoms with van der Waals surface area (Å²) in [5, 5.41) is 4.17. The van der Waals surface area contributed by atoms with Crippen LogP contribution < -0.4 is 5.32 Å². The number of halogens is 2. The normalized spacial score (nSPS) is 12.0. The van der Waals surface area contributed by atoms with Gasteiger partial charge in [-0.25, -0.2) is 0 Å². The highest BCUT2D eigenvalue weighted by molar-refractivity contribution is 7.99. The van der Waals surface area contributed by atoms with Crippen molar-refractivity contribution in [3.05, 3.63) is 69.2 Å². The SMILES string of the molecule is CC[C@H](C(=O)NCC(C)C)N(Cc1ccccc1C)C(=O)CSCc1c(Cl)cccc1Cl. The number of thioether (sulfide) groups is 1. The van der Waals surface area contributed by atoms with E-state index >= 15 is 0 Å². The number of amides is 2. The fourth-order valence-electron chi connectivity index (χ4n) is 3.31. The number of rotatable bonds is 11. The minimum absolute atomic E-state index is 0.0759. The van der Waals surface area contributed by atoms with Gasteiger partial charge in [-0.15, -0.1) is 11.8 Å². The van der Waals surface area contributed by atoms with Gasteiger partial charge >= 0.3 is 0 Å². The smallest absolute Gasteiger partial charge is 0.242 e. The third-order valence-electron chi connectivity index (χ3n) is 5.21. The highest BCUT2D eigenvalue weighted by Gasteiger charge is 2.28. The van der Waals surface area contributed by atoms with E-state index in [0.717, 1.165) is 16.7 Å². The van der Waals surface area contributed by atoms with Gasteiger partial charge in [0.15, 0.2) is 0 Å². The topological polar surface area (TPSA) is 49.4 Å². The van der Waals surface area contributed by atoms with E-state index in [2.05, 4.69) is 5.32 Å². The van der Waals surface area contributed by atoms with Crippen LogP contribution in [0.5, 0.6) is 0 Å². The van der Waals surface area contributed by atoms with E-state index in [-0.39, 0.29) is 17.6 Å². The van der Waals surface area contributed by atoms with Crippen molar-refractivity contribution in [3.63, 3.8) is 0 Å². The molecule has 0 aliphatic heterocycles. The molecule has 1 atom stereocenters. The summed E-state index contributed by atoms with van der Waals surface area (Å²) in [6.07, 6.45) is 0.544. The van der Waals surface area contributed by atoms with Gasteiger partial charge in [-0.05, 0) is 48.1 Å². The van der Waals surface area contributed by atoms with Crippen LogP contribution >= 0.6 is 35.0 Å². The van der Waals surface area contributed by atoms with Gasteiger partial charge in [-0.3, -0.25) is 9.59 Å². The van der Waals surface area contributed by atoms with Gasteiger partial charge in [0.25, 0.3) is 0 Å². The lowest BCUT2D eigenvalue weighted by Gasteiger charge is -2.31. The Morgan fingerprint density at radius 3 is 2.31 bits per heavy atom. The van der Waals surface area contributed by atoms with Crippen LogP contribution in [0.25, 0.3) is 0 Å². The Morgan fingerprint density at radius 2 is 1.72 bits per heavy atom. The standard InChI is InChI=1S/C25H32Cl2N2O2S/c1-5-23(25(31)28-13-17(2)3)29(14-19-10-7-6-9-18(19)4)24(30)16-32-15-20-21(26)11-8-12-22(20)27/h6-12,17,23H,5,13-16H2,1-4H3,(H,28,31)/t23-/m1/s1. The molecule has 0 heterocycles. The Balaban J connectivity index is 2.17. The first-order valence-corrected chi connectivity index (χ1v) is 12.8. The average Bonchev–Trinajstić information content (AvgIpc) is 2.75. The first-order valence-electron chi connectivity index (χ1n) is 10.9. The zero-order chi connectivity index (χ0) is 23.7. The summed E-state index contributed by atoms with van der Waals surface area (Å²) >= 11 is 14.0. The summed E-state index contributed by atoms with van der Waals surface area (Å²) in [4.78, 5) is 28.0. The van der Waals surface area contributed by atoms with Crippen molar-refractivity contribution in [1.29, 1.82) is 0 Å². The van der Waals surface area contributed by atoms with E-state index in [1.165, 1.54) is 11.8 Å². The van der Waals surface area contributed by atoms with Crippen LogP contribution in [0.1, 0.15) is 43.9 Å². The van der Waals surface area contributed by atoms with Crippen molar-refractivity contribution < 1.29 is 9.59 Å². The number of aryl methyl sites for hydroxylation is 1. The van der Waals surface area contributed by atoms with Gasteiger partial charge in [-0.2, -0.15) is 0 Å². The maximum atomic E-state index is 13.3. The van der Waals surface area contributed by atoms with Gasteiger partial charge in [0.05, 0.1) is 5.75 Å². The molecule has 0 aromatic heterocycles. The summed E-state index contributed by atoms with van der Waals surface area (Å²) in [6.45, 7) is 9.04. The second-order valence-corrected chi connectivity index (χ2v) is 10.0.